The van der Waals surface area contributed by atoms with Crippen molar-refractivity contribution < 1.29 is 25.8 Å². The molecule has 0 amide bonds. The third kappa shape index (κ3) is 4.09. The Morgan fingerprint density at radius 3 is 2.10 bits per heavy atom. The van der Waals surface area contributed by atoms with Gasteiger partial charge in [-0.05, 0) is 34.0 Å². The van der Waals surface area contributed by atoms with E-state index in [4.69, 9.17) is 19.7 Å². The zero-order valence-electron chi connectivity index (χ0n) is 26.2. The number of pyridine rings is 3. The van der Waals surface area contributed by atoms with Crippen molar-refractivity contribution in [3.05, 3.63) is 152 Å². The van der Waals surface area contributed by atoms with Crippen LogP contribution in [0.3, 0.4) is 0 Å². The van der Waals surface area contributed by atoms with E-state index in [-0.39, 0.29) is 21.1 Å². The zero-order valence-corrected chi connectivity index (χ0v) is 28.5. The monoisotopic (exact) mass is 820 g/mol. The molecular formula is C43H23N5OPt. The van der Waals surface area contributed by atoms with E-state index < -0.39 is 0 Å². The molecule has 0 aliphatic heterocycles. The first-order valence-electron chi connectivity index (χ1n) is 16.2. The molecule has 0 fully saturated rings. The first-order chi connectivity index (χ1) is 24.3. The van der Waals surface area contributed by atoms with E-state index in [2.05, 4.69) is 99.8 Å². The molecule has 0 aliphatic carbocycles. The molecule has 0 aliphatic rings. The standard InChI is InChI=1S/C43H23N5O.Pt/c1-3-9-26(10-4-1)30-20-22-45-43-39(30)35-14-7-13-33-32-19-17-29(24-38(32)48(43)40(33)35)49-28-16-18-31-34-15-8-21-44-41(34)47-25-37(27-11-5-2-6-12-27)46-42(47)36(31)23-28;/h1-22,25H;/q-2;+2. The summed E-state index contributed by atoms with van der Waals surface area (Å²) in [6.07, 6.45) is 5.76. The Labute approximate surface area is 299 Å². The molecule has 0 saturated heterocycles. The molecule has 6 aromatic heterocycles. The molecule has 5 aromatic carbocycles. The SMILES string of the molecule is [Pt+2].[c-]1c(Oc2[c-]c3c(cc2)c2cccc4c5c(-c6ccccc6)ccnc5n3c24)ccc2c1c1nc(-c3ccccc3)cn1c1ncccc21. The Hall–Kier alpha value is -6.10. The summed E-state index contributed by atoms with van der Waals surface area (Å²) in [6.45, 7) is 0. The van der Waals surface area contributed by atoms with Gasteiger partial charge < -0.3 is 13.5 Å². The third-order valence-electron chi connectivity index (χ3n) is 9.61. The number of hydrogen-bond acceptors (Lipinski definition) is 4. The van der Waals surface area contributed by atoms with Crippen LogP contribution in [0.1, 0.15) is 0 Å². The van der Waals surface area contributed by atoms with Crippen molar-refractivity contribution in [1.29, 1.82) is 0 Å². The van der Waals surface area contributed by atoms with Gasteiger partial charge in [0.25, 0.3) is 0 Å². The van der Waals surface area contributed by atoms with Gasteiger partial charge in [-0.1, -0.05) is 107 Å². The van der Waals surface area contributed by atoms with Gasteiger partial charge in [0.15, 0.2) is 0 Å². The van der Waals surface area contributed by atoms with Crippen LogP contribution in [0.4, 0.5) is 0 Å². The first kappa shape index (κ1) is 28.9. The van der Waals surface area contributed by atoms with Crippen LogP contribution in [0, 0.1) is 12.1 Å². The van der Waals surface area contributed by atoms with E-state index in [1.54, 1.807) is 0 Å². The van der Waals surface area contributed by atoms with Crippen molar-refractivity contribution in [2.24, 2.45) is 0 Å². The fourth-order valence-electron chi connectivity index (χ4n) is 7.51. The van der Waals surface area contributed by atoms with Crippen molar-refractivity contribution in [3.8, 4) is 33.9 Å². The van der Waals surface area contributed by atoms with Gasteiger partial charge in [-0.2, -0.15) is 6.07 Å². The molecule has 11 rings (SSSR count). The van der Waals surface area contributed by atoms with E-state index in [0.717, 1.165) is 71.7 Å². The van der Waals surface area contributed by atoms with Crippen LogP contribution in [0.5, 0.6) is 11.5 Å². The molecule has 6 nitrogen and oxygen atoms in total. The van der Waals surface area contributed by atoms with Gasteiger partial charge in [-0.15, -0.1) is 29.7 Å². The Balaban J connectivity index is 0.00000316. The fraction of sp³-hybridized carbons (Fsp3) is 0. The third-order valence-corrected chi connectivity index (χ3v) is 9.61. The van der Waals surface area contributed by atoms with Crippen LogP contribution < -0.4 is 4.74 Å². The van der Waals surface area contributed by atoms with Gasteiger partial charge in [0, 0.05) is 51.9 Å². The molecule has 0 spiro atoms. The van der Waals surface area contributed by atoms with E-state index >= 15 is 0 Å². The van der Waals surface area contributed by atoms with Gasteiger partial charge >= 0.3 is 21.1 Å². The van der Waals surface area contributed by atoms with Gasteiger partial charge in [-0.3, -0.25) is 4.98 Å². The number of rotatable bonds is 4. The van der Waals surface area contributed by atoms with Crippen LogP contribution in [0.15, 0.2) is 140 Å². The number of hydrogen-bond donors (Lipinski definition) is 0. The normalized spacial score (nSPS) is 11.8. The first-order valence-corrected chi connectivity index (χ1v) is 16.2. The Morgan fingerprint density at radius 2 is 1.26 bits per heavy atom. The van der Waals surface area contributed by atoms with Crippen LogP contribution in [0.25, 0.3) is 88.1 Å². The van der Waals surface area contributed by atoms with Crippen molar-refractivity contribution >= 4 is 65.7 Å². The number of ether oxygens (including phenoxy) is 1. The van der Waals surface area contributed by atoms with Crippen molar-refractivity contribution in [3.63, 3.8) is 0 Å². The van der Waals surface area contributed by atoms with E-state index in [9.17, 15) is 0 Å². The number of imidazole rings is 1. The number of para-hydroxylation sites is 1. The Morgan fingerprint density at radius 1 is 0.540 bits per heavy atom. The minimum absolute atomic E-state index is 0. The van der Waals surface area contributed by atoms with Gasteiger partial charge in [-0.25, -0.2) is 9.97 Å². The number of nitrogens with zero attached hydrogens (tertiary/aromatic N) is 5. The van der Waals surface area contributed by atoms with Crippen LogP contribution in [-0.4, -0.2) is 23.8 Å². The summed E-state index contributed by atoms with van der Waals surface area (Å²) in [6, 6.07) is 48.7. The van der Waals surface area contributed by atoms with Crippen molar-refractivity contribution in [2.75, 3.05) is 0 Å². The van der Waals surface area contributed by atoms with Gasteiger partial charge in [0.1, 0.15) is 11.3 Å². The predicted octanol–water partition coefficient (Wildman–Crippen LogP) is 10.3. The average Bonchev–Trinajstić information content (AvgIpc) is 3.86. The summed E-state index contributed by atoms with van der Waals surface area (Å²) in [5.74, 6) is 1.18. The summed E-state index contributed by atoms with van der Waals surface area (Å²) in [4.78, 5) is 14.7. The number of benzene rings is 5. The smallest absolute Gasteiger partial charge is 0.503 e. The summed E-state index contributed by atoms with van der Waals surface area (Å²) >= 11 is 0. The second-order valence-electron chi connectivity index (χ2n) is 12.3. The van der Waals surface area contributed by atoms with E-state index in [1.807, 2.05) is 61.1 Å². The number of fused-ring (bicyclic) bond motifs is 12. The quantitative estimate of drug-likeness (QED) is 0.131. The maximum atomic E-state index is 6.54. The summed E-state index contributed by atoms with van der Waals surface area (Å²) < 4.78 is 10.8. The largest absolute Gasteiger partial charge is 2.00 e. The molecule has 0 atom stereocenters. The molecule has 50 heavy (non-hydrogen) atoms. The van der Waals surface area contributed by atoms with E-state index in [0.29, 0.717) is 11.5 Å². The average molecular weight is 821 g/mol. The van der Waals surface area contributed by atoms with Crippen LogP contribution >= 0.6 is 0 Å². The van der Waals surface area contributed by atoms with E-state index in [1.165, 1.54) is 16.3 Å². The Bertz CT molecular complexity index is 3080. The Kier molecular flexibility index (Phi) is 6.33. The minimum atomic E-state index is 0. The minimum Gasteiger partial charge on any atom is -0.503 e. The maximum absolute atomic E-state index is 6.54. The van der Waals surface area contributed by atoms with Crippen LogP contribution in [-0.2, 0) is 21.1 Å². The predicted molar refractivity (Wildman–Crippen MR) is 196 cm³/mol. The second kappa shape index (κ2) is 11.0. The molecule has 0 unspecified atom stereocenters. The topological polar surface area (TPSA) is 56.7 Å². The fourth-order valence-corrected chi connectivity index (χ4v) is 7.51. The number of aromatic nitrogens is 5. The van der Waals surface area contributed by atoms with Crippen molar-refractivity contribution in [2.45, 2.75) is 0 Å². The second-order valence-corrected chi connectivity index (χ2v) is 12.3. The molecular weight excluding hydrogens is 798 g/mol. The summed E-state index contributed by atoms with van der Waals surface area (Å²) in [5, 5.41) is 7.50. The maximum Gasteiger partial charge on any atom is 2.00 e. The molecule has 7 heteroatoms. The van der Waals surface area contributed by atoms with Crippen LogP contribution in [0.2, 0.25) is 0 Å². The molecule has 0 radical (unpaired) electrons. The summed E-state index contributed by atoms with van der Waals surface area (Å²) in [5.41, 5.74) is 8.85. The molecule has 236 valence electrons. The molecule has 6 heterocycles. The zero-order chi connectivity index (χ0) is 32.1. The van der Waals surface area contributed by atoms with Crippen molar-refractivity contribution in [1.82, 2.24) is 23.8 Å². The van der Waals surface area contributed by atoms with Gasteiger partial charge in [0.05, 0.1) is 11.3 Å². The molecule has 11 aromatic rings. The molecule has 0 saturated carbocycles. The molecule has 0 N–H and O–H groups in total. The summed E-state index contributed by atoms with van der Waals surface area (Å²) in [7, 11) is 0. The van der Waals surface area contributed by atoms with Gasteiger partial charge in [0.2, 0.25) is 0 Å². The molecule has 0 bridgehead atoms.